The number of hydrogen-bond donors (Lipinski definition) is 3. The second kappa shape index (κ2) is 5.82. The fourth-order valence-electron chi connectivity index (χ4n) is 2.26. The first-order valence-electron chi connectivity index (χ1n) is 6.92. The van der Waals surface area contributed by atoms with Crippen LogP contribution < -0.4 is 16.0 Å². The Morgan fingerprint density at radius 3 is 3.10 bits per heavy atom. The summed E-state index contributed by atoms with van der Waals surface area (Å²) >= 11 is 1.43. The number of urea groups is 1. The van der Waals surface area contributed by atoms with Crippen LogP contribution in [0.25, 0.3) is 0 Å². The van der Waals surface area contributed by atoms with E-state index in [1.807, 2.05) is 10.7 Å². The molecule has 0 spiro atoms. The van der Waals surface area contributed by atoms with E-state index in [2.05, 4.69) is 39.9 Å². The molecule has 0 saturated heterocycles. The highest BCUT2D eigenvalue weighted by atomic mass is 32.1. The summed E-state index contributed by atoms with van der Waals surface area (Å²) < 4.78 is 1.92. The first-order valence-corrected chi connectivity index (χ1v) is 7.80. The Morgan fingerprint density at radius 2 is 2.33 bits per heavy atom. The summed E-state index contributed by atoms with van der Waals surface area (Å²) in [7, 11) is 0. The molecule has 0 aromatic carbocycles. The number of nitrogens with zero attached hydrogens (tertiary/aromatic N) is 3. The van der Waals surface area contributed by atoms with Gasteiger partial charge in [-0.15, -0.1) is 11.3 Å². The van der Waals surface area contributed by atoms with Gasteiger partial charge in [-0.2, -0.15) is 5.10 Å². The van der Waals surface area contributed by atoms with Gasteiger partial charge in [0.05, 0.1) is 23.4 Å². The average Bonchev–Trinajstić information content (AvgIpc) is 3.03. The van der Waals surface area contributed by atoms with Gasteiger partial charge in [0.15, 0.2) is 5.82 Å². The lowest BCUT2D eigenvalue weighted by atomic mass is 10.1. The summed E-state index contributed by atoms with van der Waals surface area (Å²) in [5.74, 6) is 0.847. The van der Waals surface area contributed by atoms with E-state index in [0.29, 0.717) is 5.82 Å². The first kappa shape index (κ1) is 14.0. The minimum absolute atomic E-state index is 0.276. The lowest BCUT2D eigenvalue weighted by molar-refractivity contribution is 0.262. The maximum atomic E-state index is 12.1. The topological polar surface area (TPSA) is 83.9 Å². The standard InChI is InChI=1S/C13H18N6OS/c1-8(2)11-12(21-7-15-11)17-13(20)16-10-5-9-6-14-3-4-19(9)18-10/h5,7-8,14H,3-4,6H2,1-2H3,(H2,16,17,18,20). The monoisotopic (exact) mass is 306 g/mol. The molecule has 0 saturated carbocycles. The lowest BCUT2D eigenvalue weighted by Gasteiger charge is -2.13. The number of carbonyl (C=O) groups excluding carboxylic acids is 1. The Kier molecular flexibility index (Phi) is 3.89. The molecule has 0 bridgehead atoms. The van der Waals surface area contributed by atoms with Gasteiger partial charge in [0, 0.05) is 19.2 Å². The summed E-state index contributed by atoms with van der Waals surface area (Å²) in [6.45, 7) is 6.61. The van der Waals surface area contributed by atoms with Crippen LogP contribution in [-0.4, -0.2) is 27.3 Å². The average molecular weight is 306 g/mol. The predicted molar refractivity (Wildman–Crippen MR) is 82.8 cm³/mol. The molecule has 21 heavy (non-hydrogen) atoms. The predicted octanol–water partition coefficient (Wildman–Crippen LogP) is 2.21. The third-order valence-electron chi connectivity index (χ3n) is 3.28. The van der Waals surface area contributed by atoms with Gasteiger partial charge in [-0.05, 0) is 5.92 Å². The van der Waals surface area contributed by atoms with Crippen LogP contribution in [0.2, 0.25) is 0 Å². The molecule has 0 unspecified atom stereocenters. The number of amides is 2. The fraction of sp³-hybridized carbons (Fsp3) is 0.462. The molecular formula is C13H18N6OS. The molecule has 0 atom stereocenters. The van der Waals surface area contributed by atoms with Gasteiger partial charge in [-0.3, -0.25) is 15.3 Å². The van der Waals surface area contributed by atoms with E-state index in [0.717, 1.165) is 36.0 Å². The zero-order valence-corrected chi connectivity index (χ0v) is 12.8. The van der Waals surface area contributed by atoms with Crippen LogP contribution in [0, 0.1) is 0 Å². The van der Waals surface area contributed by atoms with Crippen molar-refractivity contribution in [1.29, 1.82) is 0 Å². The maximum absolute atomic E-state index is 12.1. The van der Waals surface area contributed by atoms with Gasteiger partial charge in [0.1, 0.15) is 5.00 Å². The number of rotatable bonds is 3. The van der Waals surface area contributed by atoms with Crippen LogP contribution in [-0.2, 0) is 13.1 Å². The van der Waals surface area contributed by atoms with Crippen molar-refractivity contribution >= 4 is 28.2 Å². The Balaban J connectivity index is 1.66. The van der Waals surface area contributed by atoms with E-state index in [4.69, 9.17) is 0 Å². The summed E-state index contributed by atoms with van der Waals surface area (Å²) in [5, 5.41) is 14.0. The number of anilines is 2. The zero-order chi connectivity index (χ0) is 14.8. The third kappa shape index (κ3) is 3.06. The van der Waals surface area contributed by atoms with Crippen molar-refractivity contribution in [2.24, 2.45) is 0 Å². The van der Waals surface area contributed by atoms with Crippen molar-refractivity contribution in [3.63, 3.8) is 0 Å². The molecule has 0 aliphatic carbocycles. The summed E-state index contributed by atoms with van der Waals surface area (Å²) in [4.78, 5) is 16.3. The van der Waals surface area contributed by atoms with E-state index in [1.165, 1.54) is 11.3 Å². The van der Waals surface area contributed by atoms with Crippen LogP contribution in [0.1, 0.15) is 31.2 Å². The highest BCUT2D eigenvalue weighted by Crippen LogP contribution is 2.27. The molecule has 112 valence electrons. The lowest BCUT2D eigenvalue weighted by Crippen LogP contribution is -2.28. The van der Waals surface area contributed by atoms with Gasteiger partial charge in [0.25, 0.3) is 0 Å². The van der Waals surface area contributed by atoms with Crippen LogP contribution in [0.3, 0.4) is 0 Å². The number of fused-ring (bicyclic) bond motifs is 1. The highest BCUT2D eigenvalue weighted by molar-refractivity contribution is 7.14. The van der Waals surface area contributed by atoms with E-state index in [-0.39, 0.29) is 11.9 Å². The Labute approximate surface area is 126 Å². The van der Waals surface area contributed by atoms with Crippen molar-refractivity contribution in [2.45, 2.75) is 32.9 Å². The molecule has 7 nitrogen and oxygen atoms in total. The minimum Gasteiger partial charge on any atom is -0.309 e. The molecule has 3 rings (SSSR count). The van der Waals surface area contributed by atoms with Crippen LogP contribution in [0.5, 0.6) is 0 Å². The molecule has 8 heteroatoms. The number of thiazole rings is 1. The number of nitrogens with one attached hydrogen (secondary N) is 3. The quantitative estimate of drug-likeness (QED) is 0.812. The van der Waals surface area contributed by atoms with Gasteiger partial charge < -0.3 is 5.32 Å². The minimum atomic E-state index is -0.287. The smallest absolute Gasteiger partial charge is 0.309 e. The number of aromatic nitrogens is 3. The molecule has 1 aliphatic heterocycles. The Hall–Kier alpha value is -1.93. The van der Waals surface area contributed by atoms with Crippen molar-refractivity contribution in [1.82, 2.24) is 20.1 Å². The van der Waals surface area contributed by atoms with E-state index >= 15 is 0 Å². The Bertz CT molecular complexity index is 623. The largest absolute Gasteiger partial charge is 0.325 e. The SMILES string of the molecule is CC(C)c1ncsc1NC(=O)Nc1cc2n(n1)CCNC2. The van der Waals surface area contributed by atoms with Gasteiger partial charge in [0.2, 0.25) is 0 Å². The van der Waals surface area contributed by atoms with Gasteiger partial charge in [-0.1, -0.05) is 13.8 Å². The second-order valence-corrected chi connectivity index (χ2v) is 6.08. The molecule has 2 aromatic heterocycles. The van der Waals surface area contributed by atoms with Crippen molar-refractivity contribution < 1.29 is 4.79 Å². The molecule has 3 N–H and O–H groups in total. The fourth-order valence-corrected chi connectivity index (χ4v) is 3.10. The van der Waals surface area contributed by atoms with Crippen molar-refractivity contribution in [2.75, 3.05) is 17.2 Å². The van der Waals surface area contributed by atoms with Gasteiger partial charge >= 0.3 is 6.03 Å². The molecule has 0 radical (unpaired) electrons. The second-order valence-electron chi connectivity index (χ2n) is 5.22. The van der Waals surface area contributed by atoms with Crippen LogP contribution in [0.15, 0.2) is 11.6 Å². The van der Waals surface area contributed by atoms with Crippen LogP contribution in [0.4, 0.5) is 15.6 Å². The normalized spacial score (nSPS) is 14.0. The van der Waals surface area contributed by atoms with E-state index in [1.54, 1.807) is 5.51 Å². The Morgan fingerprint density at radius 1 is 1.48 bits per heavy atom. The number of carbonyl (C=O) groups is 1. The molecular weight excluding hydrogens is 288 g/mol. The van der Waals surface area contributed by atoms with Crippen molar-refractivity contribution in [3.8, 4) is 0 Å². The van der Waals surface area contributed by atoms with Crippen LogP contribution >= 0.6 is 11.3 Å². The van der Waals surface area contributed by atoms with E-state index in [9.17, 15) is 4.79 Å². The molecule has 1 aliphatic rings. The van der Waals surface area contributed by atoms with Gasteiger partial charge in [-0.25, -0.2) is 9.78 Å². The first-order chi connectivity index (χ1) is 10.1. The summed E-state index contributed by atoms with van der Waals surface area (Å²) in [6, 6.07) is 1.60. The third-order valence-corrected chi connectivity index (χ3v) is 4.04. The maximum Gasteiger partial charge on any atom is 0.325 e. The molecule has 2 aromatic rings. The molecule has 2 amide bonds. The molecule has 0 fully saturated rings. The highest BCUT2D eigenvalue weighted by Gasteiger charge is 2.15. The van der Waals surface area contributed by atoms with Crippen molar-refractivity contribution in [3.05, 3.63) is 23.0 Å². The van der Waals surface area contributed by atoms with E-state index < -0.39 is 0 Å². The zero-order valence-electron chi connectivity index (χ0n) is 12.0. The summed E-state index contributed by atoms with van der Waals surface area (Å²) in [5.41, 5.74) is 3.73. The summed E-state index contributed by atoms with van der Waals surface area (Å²) in [6.07, 6.45) is 0. The molecule has 3 heterocycles. The number of hydrogen-bond acceptors (Lipinski definition) is 5.